The molecule has 2 rings (SSSR count). The van der Waals surface area contributed by atoms with Crippen molar-refractivity contribution < 1.29 is 4.42 Å². The first-order valence-electron chi connectivity index (χ1n) is 7.42. The molecule has 0 spiro atoms. The third kappa shape index (κ3) is 3.97. The Morgan fingerprint density at radius 3 is 2.60 bits per heavy atom. The highest BCUT2D eigenvalue weighted by molar-refractivity contribution is 5.32. The Morgan fingerprint density at radius 2 is 1.95 bits per heavy atom. The van der Waals surface area contributed by atoms with Crippen LogP contribution in [0, 0.1) is 13.8 Å². The lowest BCUT2D eigenvalue weighted by molar-refractivity contribution is 0.430. The first-order chi connectivity index (χ1) is 9.56. The van der Waals surface area contributed by atoms with Crippen molar-refractivity contribution in [1.82, 2.24) is 5.32 Å². The summed E-state index contributed by atoms with van der Waals surface area (Å²) < 4.78 is 5.38. The van der Waals surface area contributed by atoms with E-state index in [4.69, 9.17) is 4.42 Å². The number of furan rings is 1. The molecule has 2 heteroatoms. The van der Waals surface area contributed by atoms with Gasteiger partial charge in [-0.15, -0.1) is 0 Å². The summed E-state index contributed by atoms with van der Waals surface area (Å²) in [6.45, 7) is 8.80. The van der Waals surface area contributed by atoms with Crippen molar-refractivity contribution >= 4 is 0 Å². The third-order valence-electron chi connectivity index (χ3n) is 3.83. The van der Waals surface area contributed by atoms with Crippen LogP contribution in [-0.4, -0.2) is 6.04 Å². The molecule has 1 N–H and O–H groups in total. The van der Waals surface area contributed by atoms with E-state index >= 15 is 0 Å². The average Bonchev–Trinajstić information content (AvgIpc) is 2.89. The summed E-state index contributed by atoms with van der Waals surface area (Å²) in [5, 5.41) is 3.68. The van der Waals surface area contributed by atoms with Crippen LogP contribution in [0.15, 0.2) is 41.0 Å². The Kier molecular flexibility index (Phi) is 5.02. The zero-order chi connectivity index (χ0) is 14.5. The quantitative estimate of drug-likeness (QED) is 0.832. The summed E-state index contributed by atoms with van der Waals surface area (Å²) in [7, 11) is 0. The maximum atomic E-state index is 5.38. The Labute approximate surface area is 122 Å². The van der Waals surface area contributed by atoms with Crippen molar-refractivity contribution in [3.05, 3.63) is 59.0 Å². The Bertz CT molecular complexity index is 530. The highest BCUT2D eigenvalue weighted by atomic mass is 16.3. The van der Waals surface area contributed by atoms with Gasteiger partial charge in [0.2, 0.25) is 0 Å². The predicted molar refractivity (Wildman–Crippen MR) is 84.0 cm³/mol. The lowest BCUT2D eigenvalue weighted by atomic mass is 9.99. The van der Waals surface area contributed by atoms with E-state index in [2.05, 4.69) is 51.2 Å². The molecule has 108 valence electrons. The van der Waals surface area contributed by atoms with Crippen LogP contribution in [0.4, 0.5) is 0 Å². The molecule has 2 unspecified atom stereocenters. The number of aryl methyl sites for hydroxylation is 3. The molecule has 0 saturated heterocycles. The molecule has 0 aliphatic carbocycles. The molecule has 0 saturated carbocycles. The minimum atomic E-state index is 0.377. The van der Waals surface area contributed by atoms with Crippen LogP contribution in [0.25, 0.3) is 0 Å². The molecular formula is C18H25NO. The molecule has 20 heavy (non-hydrogen) atoms. The number of nitrogens with one attached hydrogen (secondary N) is 1. The highest BCUT2D eigenvalue weighted by Crippen LogP contribution is 2.19. The Hall–Kier alpha value is -1.54. The maximum absolute atomic E-state index is 5.38. The fourth-order valence-electron chi connectivity index (χ4n) is 2.72. The summed E-state index contributed by atoms with van der Waals surface area (Å²) in [4.78, 5) is 0. The van der Waals surface area contributed by atoms with Crippen LogP contribution in [0.2, 0.25) is 0 Å². The zero-order valence-electron chi connectivity index (χ0n) is 12.9. The topological polar surface area (TPSA) is 25.2 Å². The number of hydrogen-bond acceptors (Lipinski definition) is 2. The third-order valence-corrected chi connectivity index (χ3v) is 3.83. The van der Waals surface area contributed by atoms with Crippen LogP contribution in [-0.2, 0) is 6.42 Å². The van der Waals surface area contributed by atoms with Crippen LogP contribution >= 0.6 is 0 Å². The van der Waals surface area contributed by atoms with Gasteiger partial charge < -0.3 is 9.73 Å². The monoisotopic (exact) mass is 271 g/mol. The van der Waals surface area contributed by atoms with Gasteiger partial charge in [0.15, 0.2) is 0 Å². The van der Waals surface area contributed by atoms with Gasteiger partial charge in [-0.05, 0) is 57.4 Å². The molecule has 0 aliphatic rings. The minimum Gasteiger partial charge on any atom is -0.469 e. The second-order valence-electron chi connectivity index (χ2n) is 5.77. The second kappa shape index (κ2) is 6.76. The normalized spacial score (nSPS) is 14.2. The van der Waals surface area contributed by atoms with Crippen molar-refractivity contribution in [2.75, 3.05) is 0 Å². The molecule has 2 nitrogen and oxygen atoms in total. The molecule has 1 aromatic heterocycles. The van der Waals surface area contributed by atoms with Crippen molar-refractivity contribution in [3.63, 3.8) is 0 Å². The standard InChI is InChI=1S/C18H25NO/c1-13-7-10-18(14(2)12-13)16(4)19-15(3)8-9-17-6-5-11-20-17/h5-7,10-12,15-16,19H,8-9H2,1-4H3. The molecule has 0 amide bonds. The van der Waals surface area contributed by atoms with Crippen LogP contribution in [0.3, 0.4) is 0 Å². The molecule has 2 aromatic rings. The van der Waals surface area contributed by atoms with Gasteiger partial charge in [-0.25, -0.2) is 0 Å². The van der Waals surface area contributed by atoms with Crippen LogP contribution in [0.1, 0.15) is 48.8 Å². The molecule has 2 atom stereocenters. The summed E-state index contributed by atoms with van der Waals surface area (Å²) in [6.07, 6.45) is 3.81. The highest BCUT2D eigenvalue weighted by Gasteiger charge is 2.12. The van der Waals surface area contributed by atoms with E-state index in [1.165, 1.54) is 16.7 Å². The number of hydrogen-bond donors (Lipinski definition) is 1. The van der Waals surface area contributed by atoms with Crippen LogP contribution in [0.5, 0.6) is 0 Å². The fraction of sp³-hybridized carbons (Fsp3) is 0.444. The van der Waals surface area contributed by atoms with Crippen molar-refractivity contribution in [1.29, 1.82) is 0 Å². The van der Waals surface area contributed by atoms with E-state index in [1.807, 2.05) is 12.1 Å². The Morgan fingerprint density at radius 1 is 1.15 bits per heavy atom. The van der Waals surface area contributed by atoms with Crippen molar-refractivity contribution in [2.24, 2.45) is 0 Å². The van der Waals surface area contributed by atoms with E-state index in [0.29, 0.717) is 12.1 Å². The molecule has 1 heterocycles. The maximum Gasteiger partial charge on any atom is 0.103 e. The summed E-state index contributed by atoms with van der Waals surface area (Å²) in [6, 6.07) is 11.5. The van der Waals surface area contributed by atoms with Crippen molar-refractivity contribution in [2.45, 2.75) is 52.6 Å². The van der Waals surface area contributed by atoms with E-state index in [1.54, 1.807) is 6.26 Å². The van der Waals surface area contributed by atoms with Gasteiger partial charge in [-0.1, -0.05) is 23.8 Å². The van der Waals surface area contributed by atoms with E-state index in [9.17, 15) is 0 Å². The average molecular weight is 271 g/mol. The predicted octanol–water partition coefficient (Wildman–Crippen LogP) is 4.57. The SMILES string of the molecule is Cc1ccc(C(C)NC(C)CCc2ccco2)c(C)c1. The van der Waals surface area contributed by atoms with Crippen LogP contribution < -0.4 is 5.32 Å². The van der Waals surface area contributed by atoms with E-state index in [-0.39, 0.29) is 0 Å². The van der Waals surface area contributed by atoms with Gasteiger partial charge in [0.25, 0.3) is 0 Å². The molecular weight excluding hydrogens is 246 g/mol. The lowest BCUT2D eigenvalue weighted by Gasteiger charge is -2.22. The first kappa shape index (κ1) is 14.9. The number of rotatable bonds is 6. The molecule has 0 aliphatic heterocycles. The number of benzene rings is 1. The molecule has 1 aromatic carbocycles. The van der Waals surface area contributed by atoms with Crippen molar-refractivity contribution in [3.8, 4) is 0 Å². The second-order valence-corrected chi connectivity index (χ2v) is 5.77. The summed E-state index contributed by atoms with van der Waals surface area (Å²) in [5.74, 6) is 1.07. The van der Waals surface area contributed by atoms with Gasteiger partial charge in [-0.3, -0.25) is 0 Å². The van der Waals surface area contributed by atoms with Gasteiger partial charge in [0.05, 0.1) is 6.26 Å². The fourth-order valence-corrected chi connectivity index (χ4v) is 2.72. The Balaban J connectivity index is 1.88. The van der Waals surface area contributed by atoms with Gasteiger partial charge >= 0.3 is 0 Å². The van der Waals surface area contributed by atoms with E-state index < -0.39 is 0 Å². The lowest BCUT2D eigenvalue weighted by Crippen LogP contribution is -2.29. The summed E-state index contributed by atoms with van der Waals surface area (Å²) >= 11 is 0. The van der Waals surface area contributed by atoms with Gasteiger partial charge in [0, 0.05) is 18.5 Å². The smallest absolute Gasteiger partial charge is 0.103 e. The summed E-state index contributed by atoms with van der Waals surface area (Å²) in [5.41, 5.74) is 4.08. The largest absolute Gasteiger partial charge is 0.469 e. The molecule has 0 bridgehead atoms. The zero-order valence-corrected chi connectivity index (χ0v) is 12.9. The van der Waals surface area contributed by atoms with E-state index in [0.717, 1.165) is 18.6 Å². The minimum absolute atomic E-state index is 0.377. The first-order valence-corrected chi connectivity index (χ1v) is 7.42. The van der Waals surface area contributed by atoms with Gasteiger partial charge in [0.1, 0.15) is 5.76 Å². The van der Waals surface area contributed by atoms with Gasteiger partial charge in [-0.2, -0.15) is 0 Å². The molecule has 0 fully saturated rings. The molecule has 0 radical (unpaired) electrons.